The highest BCUT2D eigenvalue weighted by molar-refractivity contribution is 5.92. The molecule has 1 rings (SSSR count). The average molecular weight is 248 g/mol. The van der Waals surface area contributed by atoms with Gasteiger partial charge in [-0.15, -0.1) is 0 Å². The van der Waals surface area contributed by atoms with Crippen LogP contribution in [0.1, 0.15) is 19.4 Å². The van der Waals surface area contributed by atoms with Gasteiger partial charge in [-0.1, -0.05) is 19.1 Å². The molecule has 4 N–H and O–H groups in total. The predicted octanol–water partition coefficient (Wildman–Crippen LogP) is 1.11. The smallest absolute Gasteiger partial charge is 0.216 e. The van der Waals surface area contributed by atoms with Gasteiger partial charge in [-0.05, 0) is 24.1 Å². The van der Waals surface area contributed by atoms with Crippen molar-refractivity contribution in [3.05, 3.63) is 29.8 Å². The van der Waals surface area contributed by atoms with Crippen LogP contribution in [0.3, 0.4) is 0 Å². The third kappa shape index (κ3) is 5.34. The van der Waals surface area contributed by atoms with Crippen LogP contribution in [0.4, 0.5) is 5.69 Å². The van der Waals surface area contributed by atoms with Crippen LogP contribution in [0, 0.1) is 0 Å². The summed E-state index contributed by atoms with van der Waals surface area (Å²) in [6, 6.07) is 8.02. The van der Waals surface area contributed by atoms with Crippen molar-refractivity contribution < 1.29 is 4.79 Å². The molecule has 1 aromatic carbocycles. The molecule has 0 aliphatic rings. The lowest BCUT2D eigenvalue weighted by atomic mass is 10.1. The molecule has 0 saturated heterocycles. The van der Waals surface area contributed by atoms with Crippen molar-refractivity contribution in [1.82, 2.24) is 5.32 Å². The third-order valence-corrected chi connectivity index (χ3v) is 2.38. The number of carbonyl (C=O) groups excluding carboxylic acids is 1. The van der Waals surface area contributed by atoms with E-state index < -0.39 is 0 Å². The molecule has 0 unspecified atom stereocenters. The standard InChI is InChI=1S/C13H20N4O/c1-3-11-5-4-6-12(9-11)17-13(14)16-8-7-15-10(2)18/h4-6,9H,3,7-8H2,1-2H3,(H,15,18)(H3,14,16,17). The molecule has 0 radical (unpaired) electrons. The third-order valence-electron chi connectivity index (χ3n) is 2.38. The van der Waals surface area contributed by atoms with Crippen LogP contribution in [0.15, 0.2) is 29.3 Å². The van der Waals surface area contributed by atoms with Gasteiger partial charge >= 0.3 is 0 Å². The number of anilines is 1. The molecule has 98 valence electrons. The van der Waals surface area contributed by atoms with Crippen LogP contribution < -0.4 is 16.4 Å². The molecule has 0 saturated carbocycles. The quantitative estimate of drug-likeness (QED) is 0.415. The van der Waals surface area contributed by atoms with E-state index in [1.807, 2.05) is 18.2 Å². The maximum absolute atomic E-state index is 10.6. The second kappa shape index (κ2) is 7.32. The summed E-state index contributed by atoms with van der Waals surface area (Å²) in [7, 11) is 0. The van der Waals surface area contributed by atoms with Crippen LogP contribution >= 0.6 is 0 Å². The summed E-state index contributed by atoms with van der Waals surface area (Å²) in [5, 5.41) is 5.67. The Bertz CT molecular complexity index is 429. The van der Waals surface area contributed by atoms with Crippen molar-refractivity contribution in [2.24, 2.45) is 10.7 Å². The highest BCUT2D eigenvalue weighted by atomic mass is 16.1. The van der Waals surface area contributed by atoms with Gasteiger partial charge in [0.25, 0.3) is 0 Å². The Morgan fingerprint density at radius 1 is 1.44 bits per heavy atom. The average Bonchev–Trinajstić information content (AvgIpc) is 2.34. The molecule has 0 fully saturated rings. The summed E-state index contributed by atoms with van der Waals surface area (Å²) < 4.78 is 0. The first-order valence-electron chi connectivity index (χ1n) is 6.02. The van der Waals surface area contributed by atoms with Gasteiger partial charge in [-0.25, -0.2) is 0 Å². The number of amides is 1. The maximum atomic E-state index is 10.6. The Kier molecular flexibility index (Phi) is 5.70. The van der Waals surface area contributed by atoms with Gasteiger partial charge in [0, 0.05) is 19.2 Å². The number of carbonyl (C=O) groups is 1. The Morgan fingerprint density at radius 2 is 2.22 bits per heavy atom. The lowest BCUT2D eigenvalue weighted by Crippen LogP contribution is -2.26. The zero-order chi connectivity index (χ0) is 13.4. The molecule has 5 heteroatoms. The van der Waals surface area contributed by atoms with Gasteiger partial charge in [-0.3, -0.25) is 9.79 Å². The van der Waals surface area contributed by atoms with Gasteiger partial charge < -0.3 is 16.4 Å². The summed E-state index contributed by atoms with van der Waals surface area (Å²) in [4.78, 5) is 14.8. The van der Waals surface area contributed by atoms with Crippen LogP contribution in [-0.2, 0) is 11.2 Å². The molecule has 1 aromatic rings. The largest absolute Gasteiger partial charge is 0.370 e. The van der Waals surface area contributed by atoms with Crippen LogP contribution in [0.25, 0.3) is 0 Å². The summed E-state index contributed by atoms with van der Waals surface area (Å²) >= 11 is 0. The van der Waals surface area contributed by atoms with Gasteiger partial charge in [0.2, 0.25) is 5.91 Å². The predicted molar refractivity (Wildman–Crippen MR) is 74.6 cm³/mol. The molecular weight excluding hydrogens is 228 g/mol. The fourth-order valence-electron chi connectivity index (χ4n) is 1.46. The van der Waals surface area contributed by atoms with E-state index in [2.05, 4.69) is 28.6 Å². The number of nitrogens with one attached hydrogen (secondary N) is 2. The van der Waals surface area contributed by atoms with Crippen LogP contribution in [-0.4, -0.2) is 25.0 Å². The molecule has 0 bridgehead atoms. The monoisotopic (exact) mass is 248 g/mol. The number of aryl methyl sites for hydroxylation is 1. The van der Waals surface area contributed by atoms with Gasteiger partial charge in [0.05, 0.1) is 6.54 Å². The van der Waals surface area contributed by atoms with E-state index in [0.29, 0.717) is 19.0 Å². The molecule has 0 aromatic heterocycles. The summed E-state index contributed by atoms with van der Waals surface area (Å²) in [6.07, 6.45) is 0.981. The maximum Gasteiger partial charge on any atom is 0.216 e. The minimum absolute atomic E-state index is 0.0626. The number of aliphatic imine (C=N–C) groups is 1. The molecule has 0 heterocycles. The van der Waals surface area contributed by atoms with Crippen molar-refractivity contribution >= 4 is 17.6 Å². The van der Waals surface area contributed by atoms with E-state index in [9.17, 15) is 4.79 Å². The Hall–Kier alpha value is -2.04. The first-order valence-corrected chi connectivity index (χ1v) is 6.02. The molecule has 18 heavy (non-hydrogen) atoms. The van der Waals surface area contributed by atoms with Crippen LogP contribution in [0.2, 0.25) is 0 Å². The van der Waals surface area contributed by atoms with Crippen molar-refractivity contribution in [3.63, 3.8) is 0 Å². The molecule has 1 amide bonds. The zero-order valence-electron chi connectivity index (χ0n) is 10.9. The molecule has 0 atom stereocenters. The normalized spacial score (nSPS) is 11.1. The Labute approximate surface area is 107 Å². The van der Waals surface area contributed by atoms with Gasteiger partial charge in [0.15, 0.2) is 5.96 Å². The molecule has 0 aliphatic carbocycles. The summed E-state index contributed by atoms with van der Waals surface area (Å²) in [5.41, 5.74) is 7.91. The number of nitrogens with two attached hydrogens (primary N) is 1. The Balaban J connectivity index is 2.45. The first-order chi connectivity index (χ1) is 8.61. The van der Waals surface area contributed by atoms with E-state index in [0.717, 1.165) is 12.1 Å². The summed E-state index contributed by atoms with van der Waals surface area (Å²) in [6.45, 7) is 4.53. The van der Waals surface area contributed by atoms with Gasteiger partial charge in [-0.2, -0.15) is 0 Å². The van der Waals surface area contributed by atoms with E-state index in [4.69, 9.17) is 5.73 Å². The molecule has 0 aliphatic heterocycles. The fraction of sp³-hybridized carbons (Fsp3) is 0.385. The minimum atomic E-state index is -0.0626. The SMILES string of the molecule is CCc1cccc(NC(N)=NCCNC(C)=O)c1. The fourth-order valence-corrected chi connectivity index (χ4v) is 1.46. The topological polar surface area (TPSA) is 79.5 Å². The van der Waals surface area contributed by atoms with E-state index >= 15 is 0 Å². The van der Waals surface area contributed by atoms with Crippen molar-refractivity contribution in [1.29, 1.82) is 0 Å². The number of hydrogen-bond acceptors (Lipinski definition) is 2. The van der Waals surface area contributed by atoms with Crippen LogP contribution in [0.5, 0.6) is 0 Å². The lowest BCUT2D eigenvalue weighted by Gasteiger charge is -2.07. The second-order valence-electron chi connectivity index (χ2n) is 3.93. The van der Waals surface area contributed by atoms with Crippen molar-refractivity contribution in [2.45, 2.75) is 20.3 Å². The highest BCUT2D eigenvalue weighted by Crippen LogP contribution is 2.10. The Morgan fingerprint density at radius 3 is 2.89 bits per heavy atom. The van der Waals surface area contributed by atoms with Gasteiger partial charge in [0.1, 0.15) is 0 Å². The highest BCUT2D eigenvalue weighted by Gasteiger charge is 1.96. The number of nitrogens with zero attached hydrogens (tertiary/aromatic N) is 1. The van der Waals surface area contributed by atoms with E-state index in [1.54, 1.807) is 0 Å². The zero-order valence-corrected chi connectivity index (χ0v) is 10.9. The van der Waals surface area contributed by atoms with E-state index in [-0.39, 0.29) is 5.91 Å². The number of benzene rings is 1. The van der Waals surface area contributed by atoms with Crippen molar-refractivity contribution in [2.75, 3.05) is 18.4 Å². The number of guanidine groups is 1. The lowest BCUT2D eigenvalue weighted by molar-refractivity contribution is -0.118. The van der Waals surface area contributed by atoms with E-state index in [1.165, 1.54) is 12.5 Å². The second-order valence-corrected chi connectivity index (χ2v) is 3.93. The van der Waals surface area contributed by atoms with Crippen molar-refractivity contribution in [3.8, 4) is 0 Å². The molecular formula is C13H20N4O. The first kappa shape index (κ1) is 14.0. The number of rotatable bonds is 5. The molecule has 5 nitrogen and oxygen atoms in total. The number of hydrogen-bond donors (Lipinski definition) is 3. The summed E-state index contributed by atoms with van der Waals surface area (Å²) in [5.74, 6) is 0.293. The minimum Gasteiger partial charge on any atom is -0.370 e. The molecule has 0 spiro atoms.